The Hall–Kier alpha value is -3.21. The zero-order valence-electron chi connectivity index (χ0n) is 21.7. The van der Waals surface area contributed by atoms with Crippen LogP contribution in [0.15, 0.2) is 36.7 Å². The van der Waals surface area contributed by atoms with E-state index in [1.54, 1.807) is 29.1 Å². The lowest BCUT2D eigenvalue weighted by molar-refractivity contribution is 0.0734. The van der Waals surface area contributed by atoms with E-state index >= 15 is 0 Å². The Labute approximate surface area is 221 Å². The number of halogens is 1. The summed E-state index contributed by atoms with van der Waals surface area (Å²) in [4.78, 5) is 12.0. The monoisotopic (exact) mass is 523 g/mol. The van der Waals surface area contributed by atoms with Crippen LogP contribution in [0.1, 0.15) is 63.3 Å². The molecule has 0 atom stereocenters. The summed E-state index contributed by atoms with van der Waals surface area (Å²) < 4.78 is 3.49. The molecule has 4 N–H and O–H groups in total. The molecule has 1 fully saturated rings. The summed E-state index contributed by atoms with van der Waals surface area (Å²) in [5, 5.41) is 23.6. The van der Waals surface area contributed by atoms with Crippen molar-refractivity contribution in [2.75, 3.05) is 23.3 Å². The van der Waals surface area contributed by atoms with E-state index < -0.39 is 5.60 Å². The SMILES string of the molecule is CC(C)c1cnn2c(NCc3c(Cl)cccc3-n3ccc(C(C)(C)O)n3)nc(N3CCC(N)CC3)nc12. The number of hydrogen-bond donors (Lipinski definition) is 3. The third kappa shape index (κ3) is 5.14. The number of aliphatic hydroxyl groups is 1. The van der Waals surface area contributed by atoms with Crippen LogP contribution in [-0.2, 0) is 12.1 Å². The molecular formula is C26H34ClN9O. The number of aromatic nitrogens is 6. The number of nitrogens with one attached hydrogen (secondary N) is 1. The standard InChI is InChI=1S/C26H34ClN9O/c1-16(2)18-15-30-36-23(18)31-25(34-11-8-17(28)9-12-34)32-24(36)29-14-19-20(27)6-5-7-21(19)35-13-10-22(33-35)26(3,4)37/h5-7,10,13,15-17,37H,8-9,11-12,14,28H2,1-4H3,(H,29,31,32). The Morgan fingerprint density at radius 1 is 1.19 bits per heavy atom. The van der Waals surface area contributed by atoms with Gasteiger partial charge in [-0.2, -0.15) is 24.7 Å². The molecule has 11 heteroatoms. The summed E-state index contributed by atoms with van der Waals surface area (Å²) in [5.41, 5.74) is 9.18. The van der Waals surface area contributed by atoms with Crippen molar-refractivity contribution in [1.29, 1.82) is 0 Å². The Balaban J connectivity index is 1.50. The lowest BCUT2D eigenvalue weighted by Gasteiger charge is -2.30. The summed E-state index contributed by atoms with van der Waals surface area (Å²) >= 11 is 6.67. The van der Waals surface area contributed by atoms with Gasteiger partial charge in [-0.3, -0.25) is 0 Å². The number of nitrogens with zero attached hydrogens (tertiary/aromatic N) is 7. The summed E-state index contributed by atoms with van der Waals surface area (Å²) in [6, 6.07) is 7.71. The molecule has 5 rings (SSSR count). The number of piperidine rings is 1. The van der Waals surface area contributed by atoms with E-state index in [0.717, 1.165) is 48.4 Å². The molecule has 37 heavy (non-hydrogen) atoms. The van der Waals surface area contributed by atoms with Crippen LogP contribution in [0.4, 0.5) is 11.9 Å². The van der Waals surface area contributed by atoms with E-state index in [1.807, 2.05) is 30.6 Å². The van der Waals surface area contributed by atoms with Crippen LogP contribution < -0.4 is 16.0 Å². The minimum Gasteiger partial charge on any atom is -0.384 e. The molecule has 10 nitrogen and oxygen atoms in total. The molecule has 0 amide bonds. The van der Waals surface area contributed by atoms with Crippen LogP contribution >= 0.6 is 11.6 Å². The van der Waals surface area contributed by atoms with Crippen molar-refractivity contribution in [2.24, 2.45) is 5.73 Å². The first-order chi connectivity index (χ1) is 17.6. The van der Waals surface area contributed by atoms with E-state index in [-0.39, 0.29) is 12.0 Å². The summed E-state index contributed by atoms with van der Waals surface area (Å²) in [5.74, 6) is 1.53. The Bertz CT molecular complexity index is 1400. The molecule has 1 aromatic carbocycles. The maximum Gasteiger partial charge on any atom is 0.230 e. The smallest absolute Gasteiger partial charge is 0.230 e. The molecule has 1 aliphatic rings. The molecule has 3 aromatic heterocycles. The van der Waals surface area contributed by atoms with Crippen molar-refractivity contribution in [2.45, 2.75) is 64.6 Å². The Morgan fingerprint density at radius 3 is 2.62 bits per heavy atom. The Morgan fingerprint density at radius 2 is 1.95 bits per heavy atom. The highest BCUT2D eigenvalue weighted by Crippen LogP contribution is 2.28. The van der Waals surface area contributed by atoms with Gasteiger partial charge in [-0.25, -0.2) is 4.68 Å². The fraction of sp³-hybridized carbons (Fsp3) is 0.462. The highest BCUT2D eigenvalue weighted by molar-refractivity contribution is 6.31. The van der Waals surface area contributed by atoms with E-state index in [2.05, 4.69) is 34.3 Å². The molecule has 0 unspecified atom stereocenters. The summed E-state index contributed by atoms with van der Waals surface area (Å²) in [7, 11) is 0. The zero-order chi connectivity index (χ0) is 26.3. The average Bonchev–Trinajstić information content (AvgIpc) is 3.51. The van der Waals surface area contributed by atoms with Gasteiger partial charge in [0.15, 0.2) is 5.65 Å². The van der Waals surface area contributed by atoms with Crippen molar-refractivity contribution >= 4 is 29.1 Å². The number of benzene rings is 1. The number of hydrogen-bond acceptors (Lipinski definition) is 8. The second-order valence-corrected chi connectivity index (χ2v) is 10.9. The van der Waals surface area contributed by atoms with Crippen LogP contribution in [0, 0.1) is 0 Å². The topological polar surface area (TPSA) is 122 Å². The van der Waals surface area contributed by atoms with Crippen molar-refractivity contribution in [3.8, 4) is 5.69 Å². The molecule has 0 saturated carbocycles. The third-order valence-electron chi connectivity index (χ3n) is 6.81. The lowest BCUT2D eigenvalue weighted by Crippen LogP contribution is -2.40. The largest absolute Gasteiger partial charge is 0.384 e. The van der Waals surface area contributed by atoms with Gasteiger partial charge in [0, 0.05) is 48.0 Å². The van der Waals surface area contributed by atoms with E-state index in [1.165, 1.54) is 0 Å². The average molecular weight is 524 g/mol. The van der Waals surface area contributed by atoms with Crippen LogP contribution in [0.25, 0.3) is 11.3 Å². The second-order valence-electron chi connectivity index (χ2n) is 10.5. The summed E-state index contributed by atoms with van der Waals surface area (Å²) in [6.45, 7) is 9.72. The van der Waals surface area contributed by atoms with E-state index in [4.69, 9.17) is 27.3 Å². The second kappa shape index (κ2) is 9.92. The van der Waals surface area contributed by atoms with Crippen LogP contribution in [-0.4, -0.2) is 53.6 Å². The highest BCUT2D eigenvalue weighted by Gasteiger charge is 2.23. The highest BCUT2D eigenvalue weighted by atomic mass is 35.5. The third-order valence-corrected chi connectivity index (χ3v) is 7.16. The van der Waals surface area contributed by atoms with Crippen LogP contribution in [0.3, 0.4) is 0 Å². The lowest BCUT2D eigenvalue weighted by atomic mass is 10.1. The predicted octanol–water partition coefficient (Wildman–Crippen LogP) is 3.85. The molecule has 0 aliphatic carbocycles. The van der Waals surface area contributed by atoms with Gasteiger partial charge in [0.05, 0.1) is 17.6 Å². The van der Waals surface area contributed by atoms with Gasteiger partial charge in [0.1, 0.15) is 5.60 Å². The van der Waals surface area contributed by atoms with Gasteiger partial charge in [-0.1, -0.05) is 31.5 Å². The molecule has 196 valence electrons. The first kappa shape index (κ1) is 25.4. The fourth-order valence-corrected chi connectivity index (χ4v) is 4.77. The summed E-state index contributed by atoms with van der Waals surface area (Å²) in [6.07, 6.45) is 5.51. The number of rotatable bonds is 7. The first-order valence-electron chi connectivity index (χ1n) is 12.7. The van der Waals surface area contributed by atoms with Crippen LogP contribution in [0.5, 0.6) is 0 Å². The number of nitrogens with two attached hydrogens (primary N) is 1. The molecule has 4 heterocycles. The molecule has 0 radical (unpaired) electrons. The van der Waals surface area contributed by atoms with Gasteiger partial charge in [0.25, 0.3) is 0 Å². The van der Waals surface area contributed by atoms with Crippen LogP contribution in [0.2, 0.25) is 5.02 Å². The minimum absolute atomic E-state index is 0.219. The van der Waals surface area contributed by atoms with Gasteiger partial charge in [0.2, 0.25) is 11.9 Å². The zero-order valence-corrected chi connectivity index (χ0v) is 22.4. The van der Waals surface area contributed by atoms with Gasteiger partial charge in [-0.05, 0) is 50.8 Å². The maximum atomic E-state index is 10.4. The van der Waals surface area contributed by atoms with Crippen molar-refractivity contribution < 1.29 is 5.11 Å². The molecule has 0 spiro atoms. The quantitative estimate of drug-likeness (QED) is 0.334. The number of anilines is 2. The fourth-order valence-electron chi connectivity index (χ4n) is 4.53. The van der Waals surface area contributed by atoms with E-state index in [0.29, 0.717) is 29.2 Å². The Kier molecular flexibility index (Phi) is 6.82. The normalized spacial score (nSPS) is 15.2. The predicted molar refractivity (Wildman–Crippen MR) is 145 cm³/mol. The molecule has 0 bridgehead atoms. The van der Waals surface area contributed by atoms with Crippen molar-refractivity contribution in [3.05, 3.63) is 58.5 Å². The van der Waals surface area contributed by atoms with Gasteiger partial charge in [-0.15, -0.1) is 0 Å². The molecular weight excluding hydrogens is 490 g/mol. The molecule has 4 aromatic rings. The number of fused-ring (bicyclic) bond motifs is 1. The van der Waals surface area contributed by atoms with Crippen molar-refractivity contribution in [3.63, 3.8) is 0 Å². The van der Waals surface area contributed by atoms with Crippen molar-refractivity contribution in [1.82, 2.24) is 29.4 Å². The molecule has 1 aliphatic heterocycles. The maximum absolute atomic E-state index is 10.4. The van der Waals surface area contributed by atoms with Gasteiger partial charge >= 0.3 is 0 Å². The van der Waals surface area contributed by atoms with Gasteiger partial charge < -0.3 is 21.1 Å². The molecule has 1 saturated heterocycles. The minimum atomic E-state index is -1.04. The van der Waals surface area contributed by atoms with E-state index in [9.17, 15) is 5.11 Å². The first-order valence-corrected chi connectivity index (χ1v) is 13.1.